The van der Waals surface area contributed by atoms with E-state index in [9.17, 15) is 5.26 Å². The van der Waals surface area contributed by atoms with Crippen molar-refractivity contribution in [3.63, 3.8) is 0 Å². The molecule has 1 aliphatic rings. The van der Waals surface area contributed by atoms with Gasteiger partial charge in [-0.05, 0) is 50.2 Å². The molecule has 0 spiro atoms. The Morgan fingerprint density at radius 3 is 2.89 bits per heavy atom. The van der Waals surface area contributed by atoms with Gasteiger partial charge in [0.2, 0.25) is 0 Å². The summed E-state index contributed by atoms with van der Waals surface area (Å²) >= 11 is 1.58. The van der Waals surface area contributed by atoms with E-state index in [1.807, 2.05) is 24.5 Å². The van der Waals surface area contributed by atoms with Crippen LogP contribution in [0.3, 0.4) is 0 Å². The Balaban J connectivity index is 2.02. The van der Waals surface area contributed by atoms with E-state index in [4.69, 9.17) is 4.74 Å². The molecule has 1 saturated heterocycles. The van der Waals surface area contributed by atoms with Gasteiger partial charge in [0.1, 0.15) is 17.4 Å². The van der Waals surface area contributed by atoms with Gasteiger partial charge < -0.3 is 10.1 Å². The number of hydrogen-bond donors (Lipinski definition) is 1. The normalized spacial score (nSPS) is 16.2. The minimum absolute atomic E-state index is 0.607. The molecule has 0 bridgehead atoms. The average molecular weight is 262 g/mol. The Labute approximate surface area is 113 Å². The fourth-order valence-corrected chi connectivity index (χ4v) is 2.73. The van der Waals surface area contributed by atoms with Gasteiger partial charge in [0.25, 0.3) is 0 Å². The van der Waals surface area contributed by atoms with Crippen LogP contribution in [-0.4, -0.2) is 26.0 Å². The molecule has 0 aromatic heterocycles. The summed E-state index contributed by atoms with van der Waals surface area (Å²) in [7, 11) is 0. The number of nitrogens with zero attached hydrogens (tertiary/aromatic N) is 1. The van der Waals surface area contributed by atoms with Crippen LogP contribution in [-0.2, 0) is 0 Å². The molecule has 1 aliphatic heterocycles. The maximum absolute atomic E-state index is 9.21. The first-order valence-corrected chi connectivity index (χ1v) is 7.48. The zero-order chi connectivity index (χ0) is 12.8. The van der Waals surface area contributed by atoms with Gasteiger partial charge in [0.05, 0.1) is 6.61 Å². The van der Waals surface area contributed by atoms with Crippen molar-refractivity contribution in [1.29, 1.82) is 5.26 Å². The smallest absolute Gasteiger partial charge is 0.138 e. The van der Waals surface area contributed by atoms with Gasteiger partial charge in [-0.3, -0.25) is 0 Å². The maximum atomic E-state index is 9.21. The molecule has 1 fully saturated rings. The second kappa shape index (κ2) is 6.67. The lowest BCUT2D eigenvalue weighted by Crippen LogP contribution is -2.30. The van der Waals surface area contributed by atoms with Gasteiger partial charge in [0.15, 0.2) is 0 Å². The predicted molar refractivity (Wildman–Crippen MR) is 74.0 cm³/mol. The third kappa shape index (κ3) is 3.18. The highest BCUT2D eigenvalue weighted by Gasteiger charge is 2.15. The summed E-state index contributed by atoms with van der Waals surface area (Å²) in [5.74, 6) is 1.33. The average Bonchev–Trinajstić information content (AvgIpc) is 2.45. The van der Waals surface area contributed by atoms with Crippen molar-refractivity contribution in [2.75, 3.05) is 26.0 Å². The van der Waals surface area contributed by atoms with Crippen LogP contribution >= 0.6 is 11.8 Å². The number of rotatable bonds is 4. The highest BCUT2D eigenvalue weighted by Crippen LogP contribution is 2.28. The van der Waals surface area contributed by atoms with Gasteiger partial charge in [-0.25, -0.2) is 0 Å². The molecule has 1 N–H and O–H groups in total. The van der Waals surface area contributed by atoms with E-state index in [-0.39, 0.29) is 0 Å². The highest BCUT2D eigenvalue weighted by atomic mass is 32.2. The Kier molecular flexibility index (Phi) is 4.91. The largest absolute Gasteiger partial charge is 0.492 e. The van der Waals surface area contributed by atoms with E-state index in [1.165, 1.54) is 0 Å². The van der Waals surface area contributed by atoms with Crippen molar-refractivity contribution in [3.8, 4) is 11.8 Å². The number of piperidine rings is 1. The second-order valence-corrected chi connectivity index (χ2v) is 5.30. The molecule has 0 saturated carbocycles. The van der Waals surface area contributed by atoms with Crippen molar-refractivity contribution in [3.05, 3.63) is 23.8 Å². The molecule has 2 rings (SSSR count). The standard InChI is InChI=1S/C14H18N2OS/c1-18-14-4-2-3-13(12(14)9-15)17-10-11-5-7-16-8-6-11/h2-4,11,16H,5-8,10H2,1H3. The lowest BCUT2D eigenvalue weighted by molar-refractivity contribution is 0.214. The molecule has 1 aromatic carbocycles. The minimum atomic E-state index is 0.607. The van der Waals surface area contributed by atoms with Crippen LogP contribution in [0.2, 0.25) is 0 Å². The highest BCUT2D eigenvalue weighted by molar-refractivity contribution is 7.98. The Bertz CT molecular complexity index is 436. The van der Waals surface area contributed by atoms with Crippen molar-refractivity contribution in [2.45, 2.75) is 17.7 Å². The first kappa shape index (κ1) is 13.3. The summed E-state index contributed by atoms with van der Waals surface area (Å²) in [5, 5.41) is 12.6. The number of thioether (sulfide) groups is 1. The van der Waals surface area contributed by atoms with Crippen LogP contribution in [0.5, 0.6) is 5.75 Å². The minimum Gasteiger partial charge on any atom is -0.492 e. The number of benzene rings is 1. The summed E-state index contributed by atoms with van der Waals surface area (Å²) in [4.78, 5) is 0.986. The number of nitrogens with one attached hydrogen (secondary N) is 1. The summed E-state index contributed by atoms with van der Waals surface area (Å²) in [6, 6.07) is 8.04. The lowest BCUT2D eigenvalue weighted by atomic mass is 9.99. The second-order valence-electron chi connectivity index (χ2n) is 4.45. The first-order valence-electron chi connectivity index (χ1n) is 6.25. The molecule has 0 aliphatic carbocycles. The van der Waals surface area contributed by atoms with E-state index in [0.29, 0.717) is 18.1 Å². The molecule has 1 heterocycles. The number of nitriles is 1. The third-order valence-electron chi connectivity index (χ3n) is 3.25. The Hall–Kier alpha value is -1.18. The summed E-state index contributed by atoms with van der Waals surface area (Å²) in [6.45, 7) is 2.86. The van der Waals surface area contributed by atoms with Crippen molar-refractivity contribution in [2.24, 2.45) is 5.92 Å². The first-order chi connectivity index (χ1) is 8.85. The zero-order valence-corrected chi connectivity index (χ0v) is 11.4. The third-order valence-corrected chi connectivity index (χ3v) is 4.03. The fraction of sp³-hybridized carbons (Fsp3) is 0.500. The van der Waals surface area contributed by atoms with E-state index in [1.54, 1.807) is 11.8 Å². The fourth-order valence-electron chi connectivity index (χ4n) is 2.17. The molecule has 0 radical (unpaired) electrons. The SMILES string of the molecule is CSc1cccc(OCC2CCNCC2)c1C#N. The summed E-state index contributed by atoms with van der Waals surface area (Å²) in [6.07, 6.45) is 4.29. The van der Waals surface area contributed by atoms with E-state index < -0.39 is 0 Å². The molecule has 96 valence electrons. The van der Waals surface area contributed by atoms with Crippen LogP contribution < -0.4 is 10.1 Å². The topological polar surface area (TPSA) is 45.0 Å². The number of hydrogen-bond acceptors (Lipinski definition) is 4. The molecule has 0 unspecified atom stereocenters. The van der Waals surface area contributed by atoms with Gasteiger partial charge in [0, 0.05) is 4.90 Å². The van der Waals surface area contributed by atoms with Crippen molar-refractivity contribution in [1.82, 2.24) is 5.32 Å². The van der Waals surface area contributed by atoms with E-state index in [2.05, 4.69) is 11.4 Å². The van der Waals surface area contributed by atoms with Crippen LogP contribution in [0.25, 0.3) is 0 Å². The summed E-state index contributed by atoms with van der Waals surface area (Å²) < 4.78 is 5.85. The van der Waals surface area contributed by atoms with Gasteiger partial charge in [-0.2, -0.15) is 5.26 Å². The quantitative estimate of drug-likeness (QED) is 0.847. The van der Waals surface area contributed by atoms with E-state index in [0.717, 1.165) is 36.6 Å². The summed E-state index contributed by atoms with van der Waals surface area (Å²) in [5.41, 5.74) is 0.666. The molecule has 4 heteroatoms. The molecule has 18 heavy (non-hydrogen) atoms. The van der Waals surface area contributed by atoms with Crippen LogP contribution in [0.15, 0.2) is 23.1 Å². The van der Waals surface area contributed by atoms with Gasteiger partial charge >= 0.3 is 0 Å². The Morgan fingerprint density at radius 1 is 1.44 bits per heavy atom. The molecule has 3 nitrogen and oxygen atoms in total. The molecular formula is C14H18N2OS. The molecular weight excluding hydrogens is 244 g/mol. The predicted octanol–water partition coefficient (Wildman–Crippen LogP) is 2.66. The lowest BCUT2D eigenvalue weighted by Gasteiger charge is -2.23. The maximum Gasteiger partial charge on any atom is 0.138 e. The molecule has 0 amide bonds. The Morgan fingerprint density at radius 2 is 2.22 bits per heavy atom. The van der Waals surface area contributed by atoms with Crippen molar-refractivity contribution >= 4 is 11.8 Å². The van der Waals surface area contributed by atoms with Gasteiger partial charge in [-0.1, -0.05) is 6.07 Å². The molecule has 0 atom stereocenters. The van der Waals surface area contributed by atoms with E-state index >= 15 is 0 Å². The van der Waals surface area contributed by atoms with Crippen LogP contribution in [0.4, 0.5) is 0 Å². The number of ether oxygens (including phenoxy) is 1. The van der Waals surface area contributed by atoms with Crippen LogP contribution in [0.1, 0.15) is 18.4 Å². The zero-order valence-electron chi connectivity index (χ0n) is 10.6. The molecule has 1 aromatic rings. The van der Waals surface area contributed by atoms with Gasteiger partial charge in [-0.15, -0.1) is 11.8 Å². The van der Waals surface area contributed by atoms with Crippen LogP contribution in [0, 0.1) is 17.2 Å². The van der Waals surface area contributed by atoms with Crippen molar-refractivity contribution < 1.29 is 4.74 Å². The monoisotopic (exact) mass is 262 g/mol.